The van der Waals surface area contributed by atoms with Gasteiger partial charge in [-0.15, -0.1) is 0 Å². The molecule has 2 aromatic carbocycles. The summed E-state index contributed by atoms with van der Waals surface area (Å²) in [6, 6.07) is 12.7. The predicted molar refractivity (Wildman–Crippen MR) is 113 cm³/mol. The summed E-state index contributed by atoms with van der Waals surface area (Å²) in [5.74, 6) is 2.12. The standard InChI is InChI=1S/C21H28ClN3O3/c1-5-23-21(24-13-19(26)15-6-8-16(22)9-7-15)25-14(2)18-12-17(27-3)10-11-20(18)28-4/h6-12,14,19,26H,5,13H2,1-4H3,(H2,23,24,25). The summed E-state index contributed by atoms with van der Waals surface area (Å²) in [5, 5.41) is 17.6. The average Bonchev–Trinajstić information content (AvgIpc) is 2.71. The van der Waals surface area contributed by atoms with E-state index < -0.39 is 6.10 Å². The lowest BCUT2D eigenvalue weighted by Gasteiger charge is -2.21. The number of aliphatic hydroxyl groups excluding tert-OH is 1. The number of nitrogens with one attached hydrogen (secondary N) is 2. The summed E-state index contributed by atoms with van der Waals surface area (Å²) < 4.78 is 10.8. The fraction of sp³-hybridized carbons (Fsp3) is 0.381. The van der Waals surface area contributed by atoms with Gasteiger partial charge in [-0.1, -0.05) is 23.7 Å². The van der Waals surface area contributed by atoms with Gasteiger partial charge in [-0.2, -0.15) is 0 Å². The average molecular weight is 406 g/mol. The van der Waals surface area contributed by atoms with E-state index in [1.54, 1.807) is 38.5 Å². The molecule has 7 heteroatoms. The molecule has 0 heterocycles. The Bertz CT molecular complexity index is 781. The van der Waals surface area contributed by atoms with Crippen molar-refractivity contribution in [2.24, 2.45) is 4.99 Å². The van der Waals surface area contributed by atoms with Crippen molar-refractivity contribution in [3.63, 3.8) is 0 Å². The van der Waals surface area contributed by atoms with Crippen LogP contribution in [0, 0.1) is 0 Å². The molecular weight excluding hydrogens is 378 g/mol. The van der Waals surface area contributed by atoms with Crippen LogP contribution in [0.15, 0.2) is 47.5 Å². The summed E-state index contributed by atoms with van der Waals surface area (Å²) in [6.07, 6.45) is -0.714. The first-order valence-corrected chi connectivity index (χ1v) is 9.56. The highest BCUT2D eigenvalue weighted by atomic mass is 35.5. The van der Waals surface area contributed by atoms with Gasteiger partial charge in [-0.25, -0.2) is 0 Å². The summed E-state index contributed by atoms with van der Waals surface area (Å²) in [4.78, 5) is 4.52. The highest BCUT2D eigenvalue weighted by Crippen LogP contribution is 2.29. The Balaban J connectivity index is 2.12. The van der Waals surface area contributed by atoms with Crippen LogP contribution in [0.1, 0.15) is 37.1 Å². The molecule has 0 aliphatic carbocycles. The third kappa shape index (κ3) is 6.04. The fourth-order valence-corrected chi connectivity index (χ4v) is 2.87. The summed E-state index contributed by atoms with van der Waals surface area (Å²) in [5.41, 5.74) is 1.72. The van der Waals surface area contributed by atoms with Crippen LogP contribution in [0.4, 0.5) is 0 Å². The van der Waals surface area contributed by atoms with Gasteiger partial charge < -0.3 is 25.2 Å². The van der Waals surface area contributed by atoms with Gasteiger partial charge in [0.05, 0.1) is 32.9 Å². The maximum Gasteiger partial charge on any atom is 0.191 e. The number of benzene rings is 2. The fourth-order valence-electron chi connectivity index (χ4n) is 2.75. The largest absolute Gasteiger partial charge is 0.497 e. The van der Waals surface area contributed by atoms with Crippen LogP contribution in [0.3, 0.4) is 0 Å². The van der Waals surface area contributed by atoms with E-state index in [1.165, 1.54) is 0 Å². The molecule has 0 bridgehead atoms. The molecule has 0 spiro atoms. The lowest BCUT2D eigenvalue weighted by atomic mass is 10.1. The molecular formula is C21H28ClN3O3. The molecule has 2 atom stereocenters. The SMILES string of the molecule is CCNC(=NCC(O)c1ccc(Cl)cc1)NC(C)c1cc(OC)ccc1OC. The van der Waals surface area contributed by atoms with Gasteiger partial charge in [0.25, 0.3) is 0 Å². The number of aliphatic imine (C=N–C) groups is 1. The Morgan fingerprint density at radius 3 is 2.46 bits per heavy atom. The number of methoxy groups -OCH3 is 2. The molecule has 28 heavy (non-hydrogen) atoms. The van der Waals surface area contributed by atoms with Crippen LogP contribution in [0.25, 0.3) is 0 Å². The summed E-state index contributed by atoms with van der Waals surface area (Å²) >= 11 is 5.90. The third-order valence-corrected chi connectivity index (χ3v) is 4.53. The molecule has 0 radical (unpaired) electrons. The molecule has 2 aromatic rings. The number of hydrogen-bond acceptors (Lipinski definition) is 4. The monoisotopic (exact) mass is 405 g/mol. The number of guanidine groups is 1. The van der Waals surface area contributed by atoms with E-state index in [2.05, 4.69) is 15.6 Å². The van der Waals surface area contributed by atoms with Crippen LogP contribution in [-0.2, 0) is 0 Å². The summed E-state index contributed by atoms with van der Waals surface area (Å²) in [6.45, 7) is 4.92. The topological polar surface area (TPSA) is 75.1 Å². The van der Waals surface area contributed by atoms with Crippen molar-refractivity contribution in [3.8, 4) is 11.5 Å². The molecule has 0 fully saturated rings. The van der Waals surface area contributed by atoms with Gasteiger partial charge in [0, 0.05) is 17.1 Å². The lowest BCUT2D eigenvalue weighted by molar-refractivity contribution is 0.187. The normalized spacial score (nSPS) is 13.6. The quantitative estimate of drug-likeness (QED) is 0.461. The molecule has 0 aromatic heterocycles. The second kappa shape index (κ2) is 10.8. The van der Waals surface area contributed by atoms with Crippen molar-refractivity contribution >= 4 is 17.6 Å². The molecule has 152 valence electrons. The Hall–Kier alpha value is -2.44. The van der Waals surface area contributed by atoms with Crippen molar-refractivity contribution in [2.45, 2.75) is 26.0 Å². The molecule has 2 unspecified atom stereocenters. The Labute approximate surface area is 171 Å². The van der Waals surface area contributed by atoms with Crippen LogP contribution in [0.2, 0.25) is 5.02 Å². The number of nitrogens with zero attached hydrogens (tertiary/aromatic N) is 1. The number of aliphatic hydroxyl groups is 1. The van der Waals surface area contributed by atoms with Crippen LogP contribution in [-0.4, -0.2) is 38.4 Å². The van der Waals surface area contributed by atoms with Crippen molar-refractivity contribution < 1.29 is 14.6 Å². The molecule has 0 aliphatic heterocycles. The van der Waals surface area contributed by atoms with E-state index in [0.717, 1.165) is 22.6 Å². The Morgan fingerprint density at radius 1 is 1.14 bits per heavy atom. The smallest absolute Gasteiger partial charge is 0.191 e. The molecule has 3 N–H and O–H groups in total. The Kier molecular flexibility index (Phi) is 8.42. The van der Waals surface area contributed by atoms with Crippen LogP contribution >= 0.6 is 11.6 Å². The molecule has 0 saturated carbocycles. The van der Waals surface area contributed by atoms with E-state index in [1.807, 2.05) is 32.0 Å². The van der Waals surface area contributed by atoms with Gasteiger partial charge in [0.15, 0.2) is 5.96 Å². The number of ether oxygens (including phenoxy) is 2. The van der Waals surface area contributed by atoms with Crippen LogP contribution < -0.4 is 20.1 Å². The van der Waals surface area contributed by atoms with Gasteiger partial charge in [-0.3, -0.25) is 4.99 Å². The highest BCUT2D eigenvalue weighted by Gasteiger charge is 2.15. The molecule has 2 rings (SSSR count). The second-order valence-corrected chi connectivity index (χ2v) is 6.70. The first-order valence-electron chi connectivity index (χ1n) is 9.18. The predicted octanol–water partition coefficient (Wildman–Crippen LogP) is 3.71. The zero-order valence-electron chi connectivity index (χ0n) is 16.7. The minimum Gasteiger partial charge on any atom is -0.497 e. The van der Waals surface area contributed by atoms with E-state index in [-0.39, 0.29) is 12.6 Å². The molecule has 6 nitrogen and oxygen atoms in total. The summed E-state index contributed by atoms with van der Waals surface area (Å²) in [7, 11) is 3.27. The van der Waals surface area contributed by atoms with E-state index in [9.17, 15) is 5.11 Å². The van der Waals surface area contributed by atoms with Gasteiger partial charge in [-0.05, 0) is 49.7 Å². The maximum absolute atomic E-state index is 10.4. The highest BCUT2D eigenvalue weighted by molar-refractivity contribution is 6.30. The first kappa shape index (κ1) is 21.9. The van der Waals surface area contributed by atoms with Crippen molar-refractivity contribution in [2.75, 3.05) is 27.3 Å². The number of halogens is 1. The lowest BCUT2D eigenvalue weighted by Crippen LogP contribution is -2.39. The maximum atomic E-state index is 10.4. The number of rotatable bonds is 8. The van der Waals surface area contributed by atoms with E-state index >= 15 is 0 Å². The van der Waals surface area contributed by atoms with Crippen molar-refractivity contribution in [3.05, 3.63) is 58.6 Å². The molecule has 0 aliphatic rings. The van der Waals surface area contributed by atoms with Gasteiger partial charge in [0.2, 0.25) is 0 Å². The van der Waals surface area contributed by atoms with Crippen molar-refractivity contribution in [1.82, 2.24) is 10.6 Å². The zero-order chi connectivity index (χ0) is 20.5. The van der Waals surface area contributed by atoms with Gasteiger partial charge >= 0.3 is 0 Å². The zero-order valence-corrected chi connectivity index (χ0v) is 17.5. The first-order chi connectivity index (χ1) is 13.5. The third-order valence-electron chi connectivity index (χ3n) is 4.28. The number of hydrogen-bond donors (Lipinski definition) is 3. The minimum absolute atomic E-state index is 0.0875. The Morgan fingerprint density at radius 2 is 1.86 bits per heavy atom. The van der Waals surface area contributed by atoms with Gasteiger partial charge in [0.1, 0.15) is 11.5 Å². The minimum atomic E-state index is -0.714. The molecule has 0 saturated heterocycles. The van der Waals surface area contributed by atoms with Crippen molar-refractivity contribution in [1.29, 1.82) is 0 Å². The van der Waals surface area contributed by atoms with Crippen LogP contribution in [0.5, 0.6) is 11.5 Å². The van der Waals surface area contributed by atoms with E-state index in [4.69, 9.17) is 21.1 Å². The van der Waals surface area contributed by atoms with E-state index in [0.29, 0.717) is 17.5 Å². The molecule has 0 amide bonds. The second-order valence-electron chi connectivity index (χ2n) is 6.26.